The van der Waals surface area contributed by atoms with Gasteiger partial charge in [0.2, 0.25) is 0 Å². The van der Waals surface area contributed by atoms with E-state index in [0.717, 1.165) is 27.8 Å². The van der Waals surface area contributed by atoms with Crippen LogP contribution in [-0.2, 0) is 70.9 Å². The van der Waals surface area contributed by atoms with Crippen LogP contribution in [0.5, 0.6) is 0 Å². The molecule has 10 atom stereocenters. The molecule has 58 heavy (non-hydrogen) atoms. The summed E-state index contributed by atoms with van der Waals surface area (Å²) in [5.74, 6) is 0. The van der Waals surface area contributed by atoms with Crippen LogP contribution in [-0.4, -0.2) is 89.9 Å². The van der Waals surface area contributed by atoms with E-state index in [0.29, 0.717) is 6.61 Å². The van der Waals surface area contributed by atoms with Gasteiger partial charge in [0, 0.05) is 0 Å². The summed E-state index contributed by atoms with van der Waals surface area (Å²) in [5.41, 5.74) is 4.64. The number of hydrogen-bond donors (Lipinski definition) is 3. The molecule has 0 aliphatic carbocycles. The van der Waals surface area contributed by atoms with E-state index in [1.54, 1.807) is 0 Å². The molecule has 306 valence electrons. The van der Waals surface area contributed by atoms with E-state index < -0.39 is 68.0 Å². The molecule has 2 saturated heterocycles. The lowest BCUT2D eigenvalue weighted by Gasteiger charge is -2.49. The van der Waals surface area contributed by atoms with Crippen molar-refractivity contribution >= 4 is 0 Å². The molecule has 2 aliphatic rings. The van der Waals surface area contributed by atoms with Crippen LogP contribution in [0.15, 0.2) is 152 Å². The average molecular weight is 793 g/mol. The highest BCUT2D eigenvalue weighted by Gasteiger charge is 2.53. The third-order valence-electron chi connectivity index (χ3n) is 10.2. The molecule has 0 amide bonds. The van der Waals surface area contributed by atoms with Crippen LogP contribution in [0, 0.1) is 0 Å². The number of hydrogen-bond acceptors (Lipinski definition) is 11. The van der Waals surface area contributed by atoms with E-state index in [4.69, 9.17) is 37.9 Å². The molecular weight excluding hydrogens is 741 g/mol. The first-order valence-electron chi connectivity index (χ1n) is 19.7. The molecule has 3 N–H and O–H groups in total. The lowest BCUT2D eigenvalue weighted by Crippen LogP contribution is -2.65. The van der Waals surface area contributed by atoms with Gasteiger partial charge in [0.1, 0.15) is 48.8 Å². The van der Waals surface area contributed by atoms with Crippen molar-refractivity contribution in [3.05, 3.63) is 179 Å². The molecule has 7 rings (SSSR count). The zero-order valence-corrected chi connectivity index (χ0v) is 32.3. The Morgan fingerprint density at radius 3 is 1.26 bits per heavy atom. The molecule has 0 unspecified atom stereocenters. The molecule has 11 nitrogen and oxygen atoms in total. The van der Waals surface area contributed by atoms with Crippen molar-refractivity contribution in [2.45, 2.75) is 94.4 Å². The maximum Gasteiger partial charge on any atom is 0.187 e. The van der Waals surface area contributed by atoms with E-state index in [1.165, 1.54) is 0 Å². The lowest BCUT2D eigenvalue weighted by atomic mass is 9.96. The standard InChI is InChI=1S/C47H52O11/c48-26-38-40(49)42(53-29-35-20-10-3-11-21-35)44(46(50)56-38)58-47-45(55-31-37-24-14-5-15-25-37)43(54-30-36-22-12-4-13-23-36)41(52-28-34-18-8-2-9-19-34)39(57-47)32-51-27-33-16-6-1-7-17-33/h1-25,38-50H,26-32H2/t38-,39-,40+,41-,42+,43+,44-,45-,46-,47+/m1/s1. The van der Waals surface area contributed by atoms with Gasteiger partial charge in [-0.3, -0.25) is 0 Å². The van der Waals surface area contributed by atoms with E-state index in [-0.39, 0.29) is 33.0 Å². The second-order valence-corrected chi connectivity index (χ2v) is 14.4. The minimum Gasteiger partial charge on any atom is -0.394 e. The normalized spacial score (nSPS) is 27.3. The highest BCUT2D eigenvalue weighted by molar-refractivity contribution is 5.17. The van der Waals surface area contributed by atoms with Crippen molar-refractivity contribution in [2.75, 3.05) is 13.2 Å². The summed E-state index contributed by atoms with van der Waals surface area (Å²) >= 11 is 0. The predicted octanol–water partition coefficient (Wildman–Crippen LogP) is 5.73. The summed E-state index contributed by atoms with van der Waals surface area (Å²) in [6, 6.07) is 48.7. The summed E-state index contributed by atoms with van der Waals surface area (Å²) < 4.78 is 52.2. The Labute approximate surface area is 339 Å². The molecule has 0 radical (unpaired) electrons. The molecular formula is C47H52O11. The topological polar surface area (TPSA) is 135 Å². The van der Waals surface area contributed by atoms with E-state index in [2.05, 4.69) is 0 Å². The number of aliphatic hydroxyl groups is 3. The molecule has 2 aliphatic heterocycles. The second-order valence-electron chi connectivity index (χ2n) is 14.4. The Morgan fingerprint density at radius 1 is 0.414 bits per heavy atom. The summed E-state index contributed by atoms with van der Waals surface area (Å²) in [4.78, 5) is 0. The van der Waals surface area contributed by atoms with Gasteiger partial charge in [-0.05, 0) is 27.8 Å². The van der Waals surface area contributed by atoms with Gasteiger partial charge in [-0.25, -0.2) is 0 Å². The quantitative estimate of drug-likeness (QED) is 0.0948. The maximum atomic E-state index is 11.5. The predicted molar refractivity (Wildman–Crippen MR) is 214 cm³/mol. The van der Waals surface area contributed by atoms with E-state index >= 15 is 0 Å². The molecule has 0 bridgehead atoms. The van der Waals surface area contributed by atoms with Crippen molar-refractivity contribution in [1.29, 1.82) is 0 Å². The number of aliphatic hydroxyl groups excluding tert-OH is 3. The summed E-state index contributed by atoms with van der Waals surface area (Å²) in [6.45, 7) is 0.620. The highest BCUT2D eigenvalue weighted by Crippen LogP contribution is 2.35. The molecule has 0 aromatic heterocycles. The first-order valence-corrected chi connectivity index (χ1v) is 19.7. The van der Waals surface area contributed by atoms with Gasteiger partial charge in [-0.2, -0.15) is 0 Å². The fraction of sp³-hybridized carbons (Fsp3) is 0.362. The van der Waals surface area contributed by atoms with Crippen molar-refractivity contribution in [2.24, 2.45) is 0 Å². The molecule has 0 saturated carbocycles. The van der Waals surface area contributed by atoms with Crippen LogP contribution in [0.2, 0.25) is 0 Å². The molecule has 5 aromatic rings. The van der Waals surface area contributed by atoms with Crippen molar-refractivity contribution in [3.8, 4) is 0 Å². The van der Waals surface area contributed by atoms with Crippen LogP contribution in [0.3, 0.4) is 0 Å². The van der Waals surface area contributed by atoms with Crippen LogP contribution in [0.1, 0.15) is 27.8 Å². The van der Waals surface area contributed by atoms with E-state index in [1.807, 2.05) is 152 Å². The van der Waals surface area contributed by atoms with Crippen molar-refractivity contribution in [3.63, 3.8) is 0 Å². The Bertz CT molecular complexity index is 1870. The zero-order valence-electron chi connectivity index (χ0n) is 32.3. The smallest absolute Gasteiger partial charge is 0.187 e. The number of ether oxygens (including phenoxy) is 8. The van der Waals surface area contributed by atoms with Gasteiger partial charge < -0.3 is 53.2 Å². The van der Waals surface area contributed by atoms with Crippen molar-refractivity contribution < 1.29 is 53.2 Å². The largest absolute Gasteiger partial charge is 0.394 e. The summed E-state index contributed by atoms with van der Waals surface area (Å²) in [7, 11) is 0. The first-order chi connectivity index (χ1) is 28.6. The third kappa shape index (κ3) is 11.4. The Kier molecular flexibility index (Phi) is 15.6. The molecule has 2 heterocycles. The van der Waals surface area contributed by atoms with E-state index in [9.17, 15) is 15.3 Å². The molecule has 11 heteroatoms. The van der Waals surface area contributed by atoms with Crippen molar-refractivity contribution in [1.82, 2.24) is 0 Å². The number of rotatable bonds is 19. The minimum atomic E-state index is -1.61. The van der Waals surface area contributed by atoms with Gasteiger partial charge in [-0.15, -0.1) is 0 Å². The lowest BCUT2D eigenvalue weighted by molar-refractivity contribution is -0.376. The van der Waals surface area contributed by atoms with Crippen LogP contribution >= 0.6 is 0 Å². The second kappa shape index (κ2) is 21.6. The fourth-order valence-corrected chi connectivity index (χ4v) is 7.17. The molecule has 5 aromatic carbocycles. The van der Waals surface area contributed by atoms with Gasteiger partial charge in [0.05, 0.1) is 46.2 Å². The Morgan fingerprint density at radius 2 is 0.810 bits per heavy atom. The van der Waals surface area contributed by atoms with Gasteiger partial charge in [-0.1, -0.05) is 152 Å². The van der Waals surface area contributed by atoms with Gasteiger partial charge in [0.25, 0.3) is 0 Å². The first kappa shape index (κ1) is 41.8. The SMILES string of the molecule is OC[C@H]1O[C@@H](O)[C@H](O[C@@H]2O[C@H](COCc3ccccc3)[C@@H](OCc3ccccc3)[C@H](OCc3ccccc3)[C@H]2OCc2ccccc2)[C@@H](OCc2ccccc2)[C@H]1O. The average Bonchev–Trinajstić information content (AvgIpc) is 3.27. The van der Waals surface area contributed by atoms with Gasteiger partial charge in [0.15, 0.2) is 12.6 Å². The maximum absolute atomic E-state index is 11.5. The monoisotopic (exact) mass is 792 g/mol. The summed E-state index contributed by atoms with van der Waals surface area (Å²) in [5, 5.41) is 33.0. The van der Waals surface area contributed by atoms with Crippen LogP contribution < -0.4 is 0 Å². The Balaban J connectivity index is 1.23. The molecule has 0 spiro atoms. The van der Waals surface area contributed by atoms with Crippen LogP contribution in [0.4, 0.5) is 0 Å². The zero-order chi connectivity index (χ0) is 39.9. The summed E-state index contributed by atoms with van der Waals surface area (Å²) in [6.07, 6.45) is -10.9. The molecule has 2 fully saturated rings. The van der Waals surface area contributed by atoms with Gasteiger partial charge >= 0.3 is 0 Å². The minimum absolute atomic E-state index is 0.0949. The van der Waals surface area contributed by atoms with Crippen LogP contribution in [0.25, 0.3) is 0 Å². The fourth-order valence-electron chi connectivity index (χ4n) is 7.17. The number of benzene rings is 5. The Hall–Kier alpha value is -4.34. The highest BCUT2D eigenvalue weighted by atomic mass is 16.8. The third-order valence-corrected chi connectivity index (χ3v) is 10.2.